The van der Waals surface area contributed by atoms with Crippen LogP contribution in [0.2, 0.25) is 0 Å². The third-order valence-electron chi connectivity index (χ3n) is 3.04. The van der Waals surface area contributed by atoms with Crippen LogP contribution in [0, 0.1) is 0 Å². The first kappa shape index (κ1) is 14.7. The second kappa shape index (κ2) is 7.85. The number of rotatable bonds is 7. The third kappa shape index (κ3) is 4.78. The van der Waals surface area contributed by atoms with E-state index < -0.39 is 0 Å². The van der Waals surface area contributed by atoms with Crippen molar-refractivity contribution in [2.24, 2.45) is 0 Å². The summed E-state index contributed by atoms with van der Waals surface area (Å²) in [7, 11) is 3.80. The standard InChI is InChI=1S/C14H22BrNO/c1-4-6-14(17-3)13(16-2)10-11-7-5-8-12(15)9-11/h5,7-9,13-14,16H,4,6,10H2,1-3H3. The van der Waals surface area contributed by atoms with E-state index in [1.165, 1.54) is 5.56 Å². The molecule has 1 aromatic rings. The van der Waals surface area contributed by atoms with E-state index in [4.69, 9.17) is 4.74 Å². The summed E-state index contributed by atoms with van der Waals surface area (Å²) < 4.78 is 6.71. The Bertz CT molecular complexity index is 330. The number of benzene rings is 1. The Kier molecular flexibility index (Phi) is 6.78. The van der Waals surface area contributed by atoms with Crippen LogP contribution in [0.5, 0.6) is 0 Å². The first-order valence-corrected chi connectivity index (χ1v) is 6.95. The van der Waals surface area contributed by atoms with Gasteiger partial charge in [0.2, 0.25) is 0 Å². The fraction of sp³-hybridized carbons (Fsp3) is 0.571. The van der Waals surface area contributed by atoms with Crippen molar-refractivity contribution in [3.8, 4) is 0 Å². The SMILES string of the molecule is CCCC(OC)C(Cc1cccc(Br)c1)NC. The van der Waals surface area contributed by atoms with Crippen LogP contribution in [0.15, 0.2) is 28.7 Å². The van der Waals surface area contributed by atoms with E-state index in [-0.39, 0.29) is 6.10 Å². The molecule has 96 valence electrons. The number of methoxy groups -OCH3 is 1. The minimum Gasteiger partial charge on any atom is -0.380 e. The lowest BCUT2D eigenvalue weighted by Gasteiger charge is -2.25. The first-order valence-electron chi connectivity index (χ1n) is 6.15. The van der Waals surface area contributed by atoms with E-state index >= 15 is 0 Å². The van der Waals surface area contributed by atoms with Gasteiger partial charge >= 0.3 is 0 Å². The molecule has 0 saturated carbocycles. The minimum atomic E-state index is 0.281. The Hall–Kier alpha value is -0.380. The maximum Gasteiger partial charge on any atom is 0.0727 e. The molecule has 0 spiro atoms. The Morgan fingerprint density at radius 3 is 2.71 bits per heavy atom. The second-order valence-corrected chi connectivity index (χ2v) is 5.21. The summed E-state index contributed by atoms with van der Waals surface area (Å²) in [5.74, 6) is 0. The normalized spacial score (nSPS) is 14.6. The van der Waals surface area contributed by atoms with Crippen molar-refractivity contribution < 1.29 is 4.74 Å². The summed E-state index contributed by atoms with van der Waals surface area (Å²) in [4.78, 5) is 0. The molecule has 3 heteroatoms. The maximum atomic E-state index is 5.57. The van der Waals surface area contributed by atoms with E-state index in [9.17, 15) is 0 Å². The number of nitrogens with one attached hydrogen (secondary N) is 1. The lowest BCUT2D eigenvalue weighted by Crippen LogP contribution is -2.40. The Morgan fingerprint density at radius 2 is 2.18 bits per heavy atom. The van der Waals surface area contributed by atoms with Gasteiger partial charge in [0.25, 0.3) is 0 Å². The summed E-state index contributed by atoms with van der Waals surface area (Å²) in [5.41, 5.74) is 1.33. The minimum absolute atomic E-state index is 0.281. The highest BCUT2D eigenvalue weighted by Crippen LogP contribution is 2.16. The second-order valence-electron chi connectivity index (χ2n) is 4.29. The van der Waals surface area contributed by atoms with E-state index in [0.29, 0.717) is 6.04 Å². The predicted molar refractivity (Wildman–Crippen MR) is 76.4 cm³/mol. The molecule has 0 fully saturated rings. The molecule has 2 unspecified atom stereocenters. The Morgan fingerprint density at radius 1 is 1.41 bits per heavy atom. The summed E-state index contributed by atoms with van der Waals surface area (Å²) >= 11 is 3.51. The van der Waals surface area contributed by atoms with Crippen LogP contribution in [-0.4, -0.2) is 26.3 Å². The van der Waals surface area contributed by atoms with Crippen LogP contribution in [0.3, 0.4) is 0 Å². The molecular weight excluding hydrogens is 278 g/mol. The van der Waals surface area contributed by atoms with E-state index in [1.54, 1.807) is 7.11 Å². The van der Waals surface area contributed by atoms with Crippen molar-refractivity contribution in [2.45, 2.75) is 38.3 Å². The van der Waals surface area contributed by atoms with Gasteiger partial charge in [0.1, 0.15) is 0 Å². The van der Waals surface area contributed by atoms with Crippen LogP contribution in [0.25, 0.3) is 0 Å². The van der Waals surface area contributed by atoms with Gasteiger partial charge < -0.3 is 10.1 Å². The van der Waals surface area contributed by atoms with Gasteiger partial charge in [-0.15, -0.1) is 0 Å². The average molecular weight is 300 g/mol. The van der Waals surface area contributed by atoms with Crippen molar-refractivity contribution in [3.05, 3.63) is 34.3 Å². The molecule has 2 atom stereocenters. The number of ether oxygens (including phenoxy) is 1. The number of halogens is 1. The van der Waals surface area contributed by atoms with Gasteiger partial charge in [-0.05, 0) is 37.6 Å². The van der Waals surface area contributed by atoms with Crippen LogP contribution >= 0.6 is 15.9 Å². The van der Waals surface area contributed by atoms with Gasteiger partial charge in [0, 0.05) is 17.6 Å². The maximum absolute atomic E-state index is 5.57. The zero-order valence-corrected chi connectivity index (χ0v) is 12.5. The molecule has 1 N–H and O–H groups in total. The quantitative estimate of drug-likeness (QED) is 0.833. The zero-order chi connectivity index (χ0) is 12.7. The van der Waals surface area contributed by atoms with E-state index in [0.717, 1.165) is 23.7 Å². The van der Waals surface area contributed by atoms with Gasteiger partial charge in [-0.2, -0.15) is 0 Å². The predicted octanol–water partition coefficient (Wildman–Crippen LogP) is 3.39. The zero-order valence-electron chi connectivity index (χ0n) is 10.9. The summed E-state index contributed by atoms with van der Waals surface area (Å²) in [6.07, 6.45) is 3.52. The molecule has 0 bridgehead atoms. The third-order valence-corrected chi connectivity index (χ3v) is 3.53. The van der Waals surface area contributed by atoms with Crippen molar-refractivity contribution in [2.75, 3.05) is 14.2 Å². The van der Waals surface area contributed by atoms with E-state index in [1.807, 2.05) is 7.05 Å². The molecule has 0 saturated heterocycles. The Balaban J connectivity index is 2.68. The molecule has 0 aromatic heterocycles. The van der Waals surface area contributed by atoms with Crippen LogP contribution in [-0.2, 0) is 11.2 Å². The van der Waals surface area contributed by atoms with Crippen LogP contribution in [0.1, 0.15) is 25.3 Å². The van der Waals surface area contributed by atoms with Gasteiger partial charge in [-0.1, -0.05) is 41.4 Å². The molecule has 0 aliphatic rings. The highest BCUT2D eigenvalue weighted by molar-refractivity contribution is 9.10. The summed E-state index contributed by atoms with van der Waals surface area (Å²) in [6.45, 7) is 2.19. The number of hydrogen-bond acceptors (Lipinski definition) is 2. The molecular formula is C14H22BrNO. The topological polar surface area (TPSA) is 21.3 Å². The highest BCUT2D eigenvalue weighted by Gasteiger charge is 2.19. The lowest BCUT2D eigenvalue weighted by molar-refractivity contribution is 0.0633. The number of hydrogen-bond donors (Lipinski definition) is 1. The smallest absolute Gasteiger partial charge is 0.0727 e. The van der Waals surface area contributed by atoms with Crippen molar-refractivity contribution in [1.82, 2.24) is 5.32 Å². The monoisotopic (exact) mass is 299 g/mol. The summed E-state index contributed by atoms with van der Waals surface area (Å²) in [5, 5.41) is 3.37. The number of likely N-dealkylation sites (N-methyl/N-ethyl adjacent to an activating group) is 1. The van der Waals surface area contributed by atoms with Crippen LogP contribution in [0.4, 0.5) is 0 Å². The molecule has 0 amide bonds. The van der Waals surface area contributed by atoms with Crippen LogP contribution < -0.4 is 5.32 Å². The van der Waals surface area contributed by atoms with E-state index in [2.05, 4.69) is 52.4 Å². The first-order chi connectivity index (χ1) is 8.21. The van der Waals surface area contributed by atoms with Crippen molar-refractivity contribution in [1.29, 1.82) is 0 Å². The lowest BCUT2D eigenvalue weighted by atomic mass is 9.98. The van der Waals surface area contributed by atoms with Gasteiger partial charge in [-0.25, -0.2) is 0 Å². The molecule has 0 heterocycles. The molecule has 2 nitrogen and oxygen atoms in total. The highest BCUT2D eigenvalue weighted by atomic mass is 79.9. The van der Waals surface area contributed by atoms with Crippen molar-refractivity contribution in [3.63, 3.8) is 0 Å². The van der Waals surface area contributed by atoms with Crippen molar-refractivity contribution >= 4 is 15.9 Å². The molecule has 0 radical (unpaired) electrons. The van der Waals surface area contributed by atoms with Gasteiger partial charge in [-0.3, -0.25) is 0 Å². The molecule has 0 aliphatic heterocycles. The largest absolute Gasteiger partial charge is 0.380 e. The molecule has 1 aromatic carbocycles. The fourth-order valence-electron chi connectivity index (χ4n) is 2.11. The van der Waals surface area contributed by atoms with Gasteiger partial charge in [0.15, 0.2) is 0 Å². The molecule has 1 rings (SSSR count). The molecule has 0 aliphatic carbocycles. The van der Waals surface area contributed by atoms with Gasteiger partial charge in [0.05, 0.1) is 6.10 Å². The Labute approximate surface area is 113 Å². The summed E-state index contributed by atoms with van der Waals surface area (Å²) in [6, 6.07) is 8.83. The molecule has 17 heavy (non-hydrogen) atoms. The average Bonchev–Trinajstić information content (AvgIpc) is 2.33. The fourth-order valence-corrected chi connectivity index (χ4v) is 2.55.